The van der Waals surface area contributed by atoms with Crippen LogP contribution in [0.25, 0.3) is 11.1 Å². The molecular formula is C46H57ClN6O3S2. The highest BCUT2D eigenvalue weighted by atomic mass is 35.5. The molecule has 0 radical (unpaired) electrons. The van der Waals surface area contributed by atoms with E-state index in [0.717, 1.165) is 71.6 Å². The van der Waals surface area contributed by atoms with E-state index in [-0.39, 0.29) is 11.6 Å². The number of amides is 1. The van der Waals surface area contributed by atoms with Crippen molar-refractivity contribution in [3.05, 3.63) is 148 Å². The second-order valence-corrected chi connectivity index (χ2v) is 15.9. The number of nitro groups is 1. The second-order valence-electron chi connectivity index (χ2n) is 13.4. The Bertz CT molecular complexity index is 1980. The number of carbonyl (C=O) groups excluding carboxylic acids is 1. The number of benzene rings is 5. The Morgan fingerprint density at radius 2 is 1.52 bits per heavy atom. The predicted molar refractivity (Wildman–Crippen MR) is 248 cm³/mol. The van der Waals surface area contributed by atoms with Crippen molar-refractivity contribution in [1.29, 1.82) is 0 Å². The topological polar surface area (TPSA) is 94.0 Å². The van der Waals surface area contributed by atoms with E-state index in [9.17, 15) is 14.9 Å². The number of nitrogens with one attached hydrogen (secondary N) is 2. The Labute approximate surface area is 358 Å². The average molecular weight is 842 g/mol. The predicted octanol–water partition coefficient (Wildman–Crippen LogP) is 11.3. The summed E-state index contributed by atoms with van der Waals surface area (Å²) in [6.45, 7) is 15.9. The van der Waals surface area contributed by atoms with E-state index in [4.69, 9.17) is 11.6 Å². The van der Waals surface area contributed by atoms with Crippen LogP contribution in [0.5, 0.6) is 0 Å². The van der Waals surface area contributed by atoms with E-state index >= 15 is 0 Å². The molecule has 9 nitrogen and oxygen atoms in total. The lowest BCUT2D eigenvalue weighted by Crippen LogP contribution is -2.46. The first-order valence-corrected chi connectivity index (χ1v) is 22.2. The van der Waals surface area contributed by atoms with Crippen molar-refractivity contribution < 1.29 is 9.72 Å². The van der Waals surface area contributed by atoms with Gasteiger partial charge in [0.05, 0.1) is 4.92 Å². The van der Waals surface area contributed by atoms with E-state index in [0.29, 0.717) is 22.7 Å². The molecule has 0 aliphatic carbocycles. The van der Waals surface area contributed by atoms with Crippen molar-refractivity contribution in [3.8, 4) is 11.1 Å². The minimum atomic E-state index is -0.405. The number of nitro benzene ring substituents is 1. The van der Waals surface area contributed by atoms with Gasteiger partial charge in [-0.05, 0) is 116 Å². The number of hydrogen-bond donors (Lipinski definition) is 2. The largest absolute Gasteiger partial charge is 0.379 e. The Hall–Kier alpha value is -4.52. The highest BCUT2D eigenvalue weighted by molar-refractivity contribution is 7.99. The third kappa shape index (κ3) is 14.7. The molecule has 1 saturated heterocycles. The summed E-state index contributed by atoms with van der Waals surface area (Å²) in [7, 11) is 2.14. The van der Waals surface area contributed by atoms with E-state index in [1.165, 1.54) is 36.7 Å². The molecule has 6 rings (SSSR count). The zero-order valence-electron chi connectivity index (χ0n) is 34.3. The van der Waals surface area contributed by atoms with Gasteiger partial charge in [0.1, 0.15) is 5.69 Å². The highest BCUT2D eigenvalue weighted by Gasteiger charge is 2.20. The Balaban J connectivity index is 0.000000749. The number of halogens is 1. The minimum Gasteiger partial charge on any atom is -0.379 e. The van der Waals surface area contributed by atoms with Crippen LogP contribution in [-0.4, -0.2) is 79.2 Å². The van der Waals surface area contributed by atoms with Crippen LogP contribution in [0.4, 0.5) is 17.1 Å². The molecule has 0 bridgehead atoms. The maximum atomic E-state index is 12.9. The SMILES string of the molecule is CC.CCCN(C)CC.O=C(NSc1ccc(NCCSc2ccccc2)c([N+](=O)[O-])c1)c1ccc(N2CCN(Cc3ccccc3-c3ccc(Cl)cc3)CC2)cc1. The number of hydrogen-bond acceptors (Lipinski definition) is 9. The molecule has 308 valence electrons. The molecule has 0 atom stereocenters. The van der Waals surface area contributed by atoms with Crippen molar-refractivity contribution in [2.45, 2.75) is 50.5 Å². The monoisotopic (exact) mass is 840 g/mol. The van der Waals surface area contributed by atoms with E-state index in [2.05, 4.69) is 82.0 Å². The van der Waals surface area contributed by atoms with Crippen molar-refractivity contribution in [3.63, 3.8) is 0 Å². The van der Waals surface area contributed by atoms with Gasteiger partial charge in [-0.15, -0.1) is 11.8 Å². The van der Waals surface area contributed by atoms with Gasteiger partial charge in [-0.1, -0.05) is 93.9 Å². The minimum absolute atomic E-state index is 0.0285. The molecule has 12 heteroatoms. The van der Waals surface area contributed by atoms with Crippen LogP contribution >= 0.6 is 35.3 Å². The zero-order chi connectivity index (χ0) is 41.7. The Morgan fingerprint density at radius 1 is 0.845 bits per heavy atom. The molecule has 1 aliphatic heterocycles. The lowest BCUT2D eigenvalue weighted by Gasteiger charge is -2.36. The normalized spacial score (nSPS) is 12.5. The van der Waals surface area contributed by atoms with Crippen LogP contribution in [0.3, 0.4) is 0 Å². The summed E-state index contributed by atoms with van der Waals surface area (Å²) in [6, 6.07) is 39.1. The number of nitrogens with zero attached hydrogens (tertiary/aromatic N) is 4. The molecule has 1 fully saturated rings. The van der Waals surface area contributed by atoms with E-state index in [1.807, 2.05) is 80.6 Å². The van der Waals surface area contributed by atoms with Gasteiger partial charge in [-0.25, -0.2) is 0 Å². The average Bonchev–Trinajstić information content (AvgIpc) is 3.26. The van der Waals surface area contributed by atoms with Crippen LogP contribution in [-0.2, 0) is 6.54 Å². The number of piperazine rings is 1. The van der Waals surface area contributed by atoms with Crippen molar-refractivity contribution in [2.24, 2.45) is 0 Å². The molecule has 58 heavy (non-hydrogen) atoms. The standard InChI is InChI=1S/C38H36ClN5O3S2.C6H15N.C2H6/c39-31-14-10-28(11-15-31)35-9-5-4-6-30(35)27-42-21-23-43(24-22-42)32-16-12-29(13-17-32)38(45)41-49-34-18-19-36(37(26-34)44(46)47)40-20-25-48-33-7-2-1-3-8-33;1-4-6-7(3)5-2;1-2/h1-19,26,40H,20-25,27H2,(H,41,45);4-6H2,1-3H3;1-2H3. The quantitative estimate of drug-likeness (QED) is 0.0331. The van der Waals surface area contributed by atoms with Gasteiger partial charge >= 0.3 is 0 Å². The third-order valence-electron chi connectivity index (χ3n) is 9.44. The maximum Gasteiger partial charge on any atom is 0.293 e. The molecule has 1 amide bonds. The fourth-order valence-corrected chi connectivity index (χ4v) is 7.80. The van der Waals surface area contributed by atoms with Gasteiger partial charge in [0.25, 0.3) is 11.6 Å². The Kier molecular flexibility index (Phi) is 20.0. The summed E-state index contributed by atoms with van der Waals surface area (Å²) < 4.78 is 2.82. The molecule has 2 N–H and O–H groups in total. The van der Waals surface area contributed by atoms with Gasteiger partial charge in [0, 0.05) is 77.2 Å². The summed E-state index contributed by atoms with van der Waals surface area (Å²) in [5, 5.41) is 15.7. The van der Waals surface area contributed by atoms with Gasteiger partial charge in [-0.3, -0.25) is 24.5 Å². The van der Waals surface area contributed by atoms with Crippen molar-refractivity contribution in [1.82, 2.24) is 14.5 Å². The first-order chi connectivity index (χ1) is 28.2. The lowest BCUT2D eigenvalue weighted by molar-refractivity contribution is -0.384. The van der Waals surface area contributed by atoms with Gasteiger partial charge < -0.3 is 15.1 Å². The first-order valence-electron chi connectivity index (χ1n) is 20.0. The third-order valence-corrected chi connectivity index (χ3v) is 11.5. The number of anilines is 2. The zero-order valence-corrected chi connectivity index (χ0v) is 36.7. The molecule has 5 aromatic carbocycles. The van der Waals surface area contributed by atoms with Crippen molar-refractivity contribution in [2.75, 3.05) is 68.8 Å². The molecule has 1 heterocycles. The van der Waals surface area contributed by atoms with E-state index in [1.54, 1.807) is 23.9 Å². The van der Waals surface area contributed by atoms with Crippen LogP contribution in [0, 0.1) is 10.1 Å². The molecular weight excluding hydrogens is 784 g/mol. The first kappa shape index (κ1) is 46.2. The smallest absolute Gasteiger partial charge is 0.293 e. The molecule has 0 aromatic heterocycles. The fraction of sp³-hybridized carbons (Fsp3) is 0.326. The van der Waals surface area contributed by atoms with Crippen LogP contribution in [0.2, 0.25) is 5.02 Å². The summed E-state index contributed by atoms with van der Waals surface area (Å²) >= 11 is 8.86. The summed E-state index contributed by atoms with van der Waals surface area (Å²) in [5.41, 5.74) is 5.71. The molecule has 5 aromatic rings. The number of thioether (sulfide) groups is 1. The summed E-state index contributed by atoms with van der Waals surface area (Å²) in [6.07, 6.45) is 1.27. The van der Waals surface area contributed by atoms with E-state index < -0.39 is 4.92 Å². The summed E-state index contributed by atoms with van der Waals surface area (Å²) in [5.74, 6) is 0.507. The molecule has 1 aliphatic rings. The van der Waals surface area contributed by atoms with Gasteiger partial charge in [-0.2, -0.15) is 0 Å². The highest BCUT2D eigenvalue weighted by Crippen LogP contribution is 2.30. The number of rotatable bonds is 16. The maximum absolute atomic E-state index is 12.9. The van der Waals surface area contributed by atoms with Crippen LogP contribution in [0.15, 0.2) is 131 Å². The molecule has 0 spiro atoms. The van der Waals surface area contributed by atoms with Gasteiger partial charge in [0.15, 0.2) is 0 Å². The van der Waals surface area contributed by atoms with Gasteiger partial charge in [0.2, 0.25) is 0 Å². The molecule has 0 saturated carbocycles. The fourth-order valence-electron chi connectivity index (χ4n) is 6.25. The molecule has 0 unspecified atom stereocenters. The number of carbonyl (C=O) groups is 1. The second kappa shape index (κ2) is 25.1. The van der Waals surface area contributed by atoms with Crippen LogP contribution < -0.4 is 14.9 Å². The Morgan fingerprint density at radius 3 is 2.16 bits per heavy atom. The van der Waals surface area contributed by atoms with Crippen molar-refractivity contribution >= 4 is 58.3 Å². The van der Waals surface area contributed by atoms with Crippen LogP contribution in [0.1, 0.15) is 50.0 Å². The lowest BCUT2D eigenvalue weighted by atomic mass is 9.99. The summed E-state index contributed by atoms with van der Waals surface area (Å²) in [4.78, 5) is 33.2.